The smallest absolute Gasteiger partial charge is 0.410 e. The normalized spacial score (nSPS) is 19.6. The van der Waals surface area contributed by atoms with Gasteiger partial charge in [-0.2, -0.15) is 0 Å². The lowest BCUT2D eigenvalue weighted by Gasteiger charge is -2.40. The Bertz CT molecular complexity index is 1730. The van der Waals surface area contributed by atoms with Gasteiger partial charge >= 0.3 is 6.09 Å². The number of nitrogen functional groups attached to an aromatic ring is 1. The van der Waals surface area contributed by atoms with E-state index >= 15 is 0 Å². The van der Waals surface area contributed by atoms with Crippen LogP contribution in [0.2, 0.25) is 0 Å². The maximum atomic E-state index is 13.2. The summed E-state index contributed by atoms with van der Waals surface area (Å²) in [5, 5.41) is 0. The molecule has 11 nitrogen and oxygen atoms in total. The lowest BCUT2D eigenvalue weighted by atomic mass is 10.0. The van der Waals surface area contributed by atoms with Crippen molar-refractivity contribution >= 4 is 29.1 Å². The minimum atomic E-state index is -0.663. The molecule has 4 aromatic rings. The number of ether oxygens (including phenoxy) is 1. The number of Topliss-reactive ketones (excluding diaryl/α,β-unsaturated/α-hetero) is 1. The number of hydrogen-bond acceptors (Lipinski definition) is 8. The molecule has 2 aliphatic heterocycles. The van der Waals surface area contributed by atoms with Crippen molar-refractivity contribution in [2.75, 3.05) is 12.3 Å². The molecular formula is C32H33N7O4. The summed E-state index contributed by atoms with van der Waals surface area (Å²) < 4.78 is 7.54. The number of carbonyl (C=O) groups excluding carboxylic acids is 3. The highest BCUT2D eigenvalue weighted by Gasteiger charge is 2.56. The van der Waals surface area contributed by atoms with Gasteiger partial charge in [0.2, 0.25) is 5.91 Å². The average Bonchev–Trinajstić information content (AvgIpc) is 3.69. The molecule has 11 heteroatoms. The van der Waals surface area contributed by atoms with Crippen LogP contribution in [-0.2, 0) is 16.0 Å². The van der Waals surface area contributed by atoms with Gasteiger partial charge in [0.15, 0.2) is 5.78 Å². The minimum Gasteiger partial charge on any atom is -0.444 e. The Morgan fingerprint density at radius 2 is 1.86 bits per heavy atom. The van der Waals surface area contributed by atoms with Gasteiger partial charge in [0.1, 0.15) is 34.5 Å². The number of ketones is 1. The summed E-state index contributed by atoms with van der Waals surface area (Å²) in [6.07, 6.45) is 6.64. The largest absolute Gasteiger partial charge is 0.444 e. The quantitative estimate of drug-likeness (QED) is 0.265. The van der Waals surface area contributed by atoms with Crippen LogP contribution in [0.15, 0.2) is 73.7 Å². The zero-order valence-electron chi connectivity index (χ0n) is 24.3. The molecule has 2 bridgehead atoms. The standard InChI is InChI=1S/C32H33N7O4/c1-5-25(41)39-22-17-23(38(18-22)31(42)43-32(2,3)4)27(39)30-36-26(28-29(33)35-14-15-37(28)30)20-11-9-19(10-12-20)24(40)16-21-8-6-7-13-34-21/h5-15,22-23,27H,1,16-18H2,2-4H3,(H2,33,35)/t22?,23-,27?/m0/s1. The molecule has 3 atom stereocenters. The van der Waals surface area contributed by atoms with E-state index in [2.05, 4.69) is 16.5 Å². The second kappa shape index (κ2) is 10.6. The molecule has 2 unspecified atom stereocenters. The van der Waals surface area contributed by atoms with E-state index in [1.807, 2.05) is 55.5 Å². The summed E-state index contributed by atoms with van der Waals surface area (Å²) in [4.78, 5) is 56.3. The molecule has 1 aromatic carbocycles. The number of carbonyl (C=O) groups is 3. The maximum absolute atomic E-state index is 13.2. The van der Waals surface area contributed by atoms with Crippen LogP contribution < -0.4 is 5.73 Å². The van der Waals surface area contributed by atoms with Gasteiger partial charge in [0, 0.05) is 42.0 Å². The number of nitrogens with two attached hydrogens (primary N) is 1. The number of imidazole rings is 1. The van der Waals surface area contributed by atoms with E-state index < -0.39 is 17.7 Å². The van der Waals surface area contributed by atoms with E-state index in [-0.39, 0.29) is 36.0 Å². The third-order valence-electron chi connectivity index (χ3n) is 7.86. The van der Waals surface area contributed by atoms with Crippen molar-refractivity contribution < 1.29 is 19.1 Å². The minimum absolute atomic E-state index is 0.0513. The molecule has 220 valence electrons. The second-order valence-corrected chi connectivity index (χ2v) is 11.8. The molecule has 2 N–H and O–H groups in total. The summed E-state index contributed by atoms with van der Waals surface area (Å²) in [5.41, 5.74) is 8.84. The molecule has 2 fully saturated rings. The Morgan fingerprint density at radius 3 is 2.53 bits per heavy atom. The van der Waals surface area contributed by atoms with Crippen LogP contribution in [0.3, 0.4) is 0 Å². The number of nitrogens with zero attached hydrogens (tertiary/aromatic N) is 6. The molecule has 0 spiro atoms. The van der Waals surface area contributed by atoms with E-state index in [0.29, 0.717) is 41.3 Å². The van der Waals surface area contributed by atoms with Crippen molar-refractivity contribution in [1.29, 1.82) is 0 Å². The number of likely N-dealkylation sites (tertiary alicyclic amines) is 2. The highest BCUT2D eigenvalue weighted by Crippen LogP contribution is 2.46. The first-order valence-corrected chi connectivity index (χ1v) is 14.2. The first-order chi connectivity index (χ1) is 20.6. The zero-order chi connectivity index (χ0) is 30.5. The monoisotopic (exact) mass is 579 g/mol. The third kappa shape index (κ3) is 5.11. The Kier molecular flexibility index (Phi) is 6.95. The van der Waals surface area contributed by atoms with E-state index in [4.69, 9.17) is 15.5 Å². The number of pyridine rings is 1. The van der Waals surface area contributed by atoms with E-state index in [1.165, 1.54) is 6.08 Å². The molecule has 0 saturated carbocycles. The first-order valence-electron chi connectivity index (χ1n) is 14.2. The Labute approximate surface area is 249 Å². The SMILES string of the molecule is C=CC(=O)N1C2C[C@@H](C1c1nc(-c3ccc(C(=O)Cc4ccccn4)cc3)c3c(N)nccn13)N(C(=O)OC(C)(C)C)C2. The molecule has 43 heavy (non-hydrogen) atoms. The molecule has 2 saturated heterocycles. The molecule has 6 rings (SSSR count). The number of rotatable bonds is 6. The van der Waals surface area contributed by atoms with Gasteiger partial charge in [0.05, 0.1) is 18.5 Å². The van der Waals surface area contributed by atoms with Gasteiger partial charge in [-0.3, -0.25) is 19.0 Å². The predicted molar refractivity (Wildman–Crippen MR) is 160 cm³/mol. The number of fused-ring (bicyclic) bond motifs is 3. The van der Waals surface area contributed by atoms with Gasteiger partial charge in [-0.1, -0.05) is 36.9 Å². The lowest BCUT2D eigenvalue weighted by Crippen LogP contribution is -2.53. The van der Waals surface area contributed by atoms with Crippen molar-refractivity contribution in [3.8, 4) is 11.3 Å². The number of amides is 2. The van der Waals surface area contributed by atoms with Crippen LogP contribution in [0.5, 0.6) is 0 Å². The van der Waals surface area contributed by atoms with Crippen molar-refractivity contribution in [2.45, 2.75) is 57.3 Å². The van der Waals surface area contributed by atoms with Crippen molar-refractivity contribution in [3.05, 3.63) is 90.8 Å². The molecule has 5 heterocycles. The van der Waals surface area contributed by atoms with Crippen LogP contribution in [0.4, 0.5) is 10.6 Å². The summed E-state index contributed by atoms with van der Waals surface area (Å²) in [5.74, 6) is 0.521. The van der Waals surface area contributed by atoms with Gasteiger partial charge < -0.3 is 20.3 Å². The molecule has 2 amide bonds. The number of hydrogen-bond donors (Lipinski definition) is 1. The Morgan fingerprint density at radius 1 is 1.09 bits per heavy atom. The fourth-order valence-corrected chi connectivity index (χ4v) is 6.09. The van der Waals surface area contributed by atoms with Crippen molar-refractivity contribution in [3.63, 3.8) is 0 Å². The van der Waals surface area contributed by atoms with Crippen LogP contribution >= 0.6 is 0 Å². The number of benzene rings is 1. The predicted octanol–water partition coefficient (Wildman–Crippen LogP) is 4.25. The molecule has 2 aliphatic rings. The molecular weight excluding hydrogens is 546 g/mol. The summed E-state index contributed by atoms with van der Waals surface area (Å²) >= 11 is 0. The zero-order valence-corrected chi connectivity index (χ0v) is 24.3. The van der Waals surface area contributed by atoms with Crippen LogP contribution in [0.25, 0.3) is 16.8 Å². The van der Waals surface area contributed by atoms with Crippen LogP contribution in [0.1, 0.15) is 55.1 Å². The first kappa shape index (κ1) is 28.1. The Balaban J connectivity index is 1.39. The van der Waals surface area contributed by atoms with Crippen LogP contribution in [0, 0.1) is 0 Å². The van der Waals surface area contributed by atoms with Crippen molar-refractivity contribution in [2.24, 2.45) is 0 Å². The van der Waals surface area contributed by atoms with Crippen molar-refractivity contribution in [1.82, 2.24) is 29.2 Å². The van der Waals surface area contributed by atoms with Gasteiger partial charge in [0.25, 0.3) is 0 Å². The lowest BCUT2D eigenvalue weighted by molar-refractivity contribution is -0.131. The average molecular weight is 580 g/mol. The topological polar surface area (TPSA) is 136 Å². The molecule has 0 aliphatic carbocycles. The number of piperazine rings is 1. The van der Waals surface area contributed by atoms with E-state index in [1.54, 1.807) is 40.5 Å². The fraction of sp³-hybridized carbons (Fsp3) is 0.312. The maximum Gasteiger partial charge on any atom is 0.410 e. The summed E-state index contributed by atoms with van der Waals surface area (Å²) in [6, 6.07) is 11.5. The number of anilines is 1. The second-order valence-electron chi connectivity index (χ2n) is 11.8. The van der Waals surface area contributed by atoms with Gasteiger partial charge in [-0.05, 0) is 45.4 Å². The molecule has 3 aromatic heterocycles. The summed E-state index contributed by atoms with van der Waals surface area (Å²) in [6.45, 7) is 9.55. The van der Waals surface area contributed by atoms with E-state index in [9.17, 15) is 14.4 Å². The third-order valence-corrected chi connectivity index (χ3v) is 7.86. The van der Waals surface area contributed by atoms with Gasteiger partial charge in [-0.15, -0.1) is 0 Å². The fourth-order valence-electron chi connectivity index (χ4n) is 6.09. The highest BCUT2D eigenvalue weighted by atomic mass is 16.6. The number of aromatic nitrogens is 4. The van der Waals surface area contributed by atoms with E-state index in [0.717, 1.165) is 5.56 Å². The summed E-state index contributed by atoms with van der Waals surface area (Å²) in [7, 11) is 0. The highest BCUT2D eigenvalue weighted by molar-refractivity contribution is 5.98. The molecule has 0 radical (unpaired) electrons. The van der Waals surface area contributed by atoms with Crippen LogP contribution in [-0.4, -0.2) is 71.2 Å². The Hall–Kier alpha value is -5.06. The van der Waals surface area contributed by atoms with Gasteiger partial charge in [-0.25, -0.2) is 14.8 Å².